The molecule has 1 aliphatic carbocycles. The molecular formula is C14H15N3O3. The van der Waals surface area contributed by atoms with Gasteiger partial charge in [0.2, 0.25) is 0 Å². The second kappa shape index (κ2) is 4.63. The number of nitrogens with one attached hydrogen (secondary N) is 1. The van der Waals surface area contributed by atoms with Crippen molar-refractivity contribution >= 4 is 17.5 Å². The summed E-state index contributed by atoms with van der Waals surface area (Å²) in [6, 6.07) is 3.46. The Morgan fingerprint density at radius 1 is 1.40 bits per heavy atom. The van der Waals surface area contributed by atoms with Gasteiger partial charge in [-0.15, -0.1) is 0 Å². The molecule has 20 heavy (non-hydrogen) atoms. The maximum Gasteiger partial charge on any atom is 0.305 e. The van der Waals surface area contributed by atoms with E-state index in [2.05, 4.69) is 10.3 Å². The first-order chi connectivity index (χ1) is 9.58. The highest BCUT2D eigenvalue weighted by atomic mass is 16.4. The molecule has 6 nitrogen and oxygen atoms in total. The molecule has 0 unspecified atom stereocenters. The average Bonchev–Trinajstić information content (AvgIpc) is 2.82. The summed E-state index contributed by atoms with van der Waals surface area (Å²) in [5.41, 5.74) is 0.699. The third kappa shape index (κ3) is 2.24. The van der Waals surface area contributed by atoms with Gasteiger partial charge in [-0.2, -0.15) is 0 Å². The molecule has 1 saturated carbocycles. The van der Waals surface area contributed by atoms with E-state index in [1.54, 1.807) is 35.1 Å². The predicted octanol–water partition coefficient (Wildman–Crippen LogP) is 1.46. The van der Waals surface area contributed by atoms with Gasteiger partial charge in [-0.3, -0.25) is 9.59 Å². The van der Waals surface area contributed by atoms with E-state index < -0.39 is 11.5 Å². The lowest BCUT2D eigenvalue weighted by Gasteiger charge is -2.41. The normalized spacial score (nSPS) is 16.6. The monoisotopic (exact) mass is 273 g/mol. The quantitative estimate of drug-likeness (QED) is 0.883. The summed E-state index contributed by atoms with van der Waals surface area (Å²) in [6.07, 6.45) is 7.50. The second-order valence-corrected chi connectivity index (χ2v) is 5.27. The van der Waals surface area contributed by atoms with E-state index in [9.17, 15) is 9.59 Å². The van der Waals surface area contributed by atoms with Crippen LogP contribution >= 0.6 is 0 Å². The number of imidazole rings is 1. The van der Waals surface area contributed by atoms with Crippen LogP contribution in [0.2, 0.25) is 0 Å². The van der Waals surface area contributed by atoms with Crippen LogP contribution in [0.4, 0.5) is 0 Å². The number of carbonyl (C=O) groups is 2. The Balaban J connectivity index is 1.79. The number of nitrogens with zero attached hydrogens (tertiary/aromatic N) is 2. The summed E-state index contributed by atoms with van der Waals surface area (Å²) in [4.78, 5) is 27.3. The molecule has 1 fully saturated rings. The molecule has 0 spiro atoms. The van der Waals surface area contributed by atoms with E-state index in [4.69, 9.17) is 5.11 Å². The minimum absolute atomic E-state index is 0.0218. The number of carboxylic acid groups (broad SMARTS) is 1. The van der Waals surface area contributed by atoms with Crippen molar-refractivity contribution in [2.45, 2.75) is 31.2 Å². The summed E-state index contributed by atoms with van der Waals surface area (Å²) in [6.45, 7) is 0. The van der Waals surface area contributed by atoms with Gasteiger partial charge < -0.3 is 14.8 Å². The lowest BCUT2D eigenvalue weighted by Crippen LogP contribution is -2.54. The smallest absolute Gasteiger partial charge is 0.305 e. The molecule has 2 aromatic rings. The van der Waals surface area contributed by atoms with Gasteiger partial charge in [0.25, 0.3) is 5.91 Å². The van der Waals surface area contributed by atoms with E-state index in [1.807, 2.05) is 0 Å². The molecule has 104 valence electrons. The Bertz CT molecular complexity index is 673. The molecule has 1 aliphatic rings. The van der Waals surface area contributed by atoms with Crippen molar-refractivity contribution in [1.29, 1.82) is 0 Å². The van der Waals surface area contributed by atoms with Gasteiger partial charge >= 0.3 is 5.97 Å². The molecule has 0 aliphatic heterocycles. The molecule has 1 amide bonds. The number of pyridine rings is 1. The summed E-state index contributed by atoms with van der Waals surface area (Å²) in [7, 11) is 0. The number of hydrogen-bond acceptors (Lipinski definition) is 3. The van der Waals surface area contributed by atoms with E-state index in [-0.39, 0.29) is 12.3 Å². The first kappa shape index (κ1) is 12.7. The zero-order valence-corrected chi connectivity index (χ0v) is 10.9. The maximum absolute atomic E-state index is 12.3. The summed E-state index contributed by atoms with van der Waals surface area (Å²) in [5.74, 6) is -1.11. The molecule has 0 aromatic carbocycles. The van der Waals surface area contributed by atoms with Gasteiger partial charge in [0.1, 0.15) is 5.65 Å². The second-order valence-electron chi connectivity index (χ2n) is 5.27. The number of hydrogen-bond donors (Lipinski definition) is 2. The highest BCUT2D eigenvalue weighted by molar-refractivity contribution is 5.95. The fourth-order valence-corrected chi connectivity index (χ4v) is 2.61. The Labute approximate surface area is 115 Å². The van der Waals surface area contributed by atoms with Crippen LogP contribution in [-0.2, 0) is 4.79 Å². The molecule has 0 radical (unpaired) electrons. The standard InChI is InChI=1S/C14H15N3O3/c18-12(19)8-14(4-1-5-14)16-13(20)10-2-3-11-15-6-7-17(11)9-10/h2-3,6-7,9H,1,4-5,8H2,(H,16,20)(H,18,19). The first-order valence-corrected chi connectivity index (χ1v) is 6.55. The van der Waals surface area contributed by atoms with Crippen molar-refractivity contribution in [2.75, 3.05) is 0 Å². The largest absolute Gasteiger partial charge is 0.481 e. The summed E-state index contributed by atoms with van der Waals surface area (Å²) >= 11 is 0. The third-order valence-corrected chi connectivity index (χ3v) is 3.83. The van der Waals surface area contributed by atoms with Crippen LogP contribution in [0, 0.1) is 0 Å². The predicted molar refractivity (Wildman–Crippen MR) is 71.5 cm³/mol. The number of fused-ring (bicyclic) bond motifs is 1. The van der Waals surface area contributed by atoms with Gasteiger partial charge in [-0.05, 0) is 31.4 Å². The maximum atomic E-state index is 12.3. The fraction of sp³-hybridized carbons (Fsp3) is 0.357. The van der Waals surface area contributed by atoms with Crippen molar-refractivity contribution < 1.29 is 14.7 Å². The van der Waals surface area contributed by atoms with E-state index >= 15 is 0 Å². The average molecular weight is 273 g/mol. The molecular weight excluding hydrogens is 258 g/mol. The van der Waals surface area contributed by atoms with Crippen LogP contribution in [0.5, 0.6) is 0 Å². The van der Waals surface area contributed by atoms with Crippen molar-refractivity contribution in [1.82, 2.24) is 14.7 Å². The van der Waals surface area contributed by atoms with Crippen LogP contribution in [-0.4, -0.2) is 31.9 Å². The SMILES string of the molecule is O=C(O)CC1(NC(=O)c2ccc3nccn3c2)CCC1. The molecule has 0 atom stereocenters. The lowest BCUT2D eigenvalue weighted by molar-refractivity contribution is -0.139. The molecule has 0 bridgehead atoms. The van der Waals surface area contributed by atoms with Crippen LogP contribution in [0.1, 0.15) is 36.0 Å². The number of carboxylic acids is 1. The van der Waals surface area contributed by atoms with E-state index in [0.717, 1.165) is 24.9 Å². The van der Waals surface area contributed by atoms with Crippen molar-refractivity contribution in [3.8, 4) is 0 Å². The molecule has 2 aromatic heterocycles. The Morgan fingerprint density at radius 3 is 2.85 bits per heavy atom. The van der Waals surface area contributed by atoms with Crippen molar-refractivity contribution in [3.05, 3.63) is 36.3 Å². The Kier molecular flexibility index (Phi) is 2.93. The molecule has 2 N–H and O–H groups in total. The third-order valence-electron chi connectivity index (χ3n) is 3.83. The Morgan fingerprint density at radius 2 is 2.20 bits per heavy atom. The highest BCUT2D eigenvalue weighted by Crippen LogP contribution is 2.35. The molecule has 0 saturated heterocycles. The minimum Gasteiger partial charge on any atom is -0.481 e. The topological polar surface area (TPSA) is 83.7 Å². The zero-order chi connectivity index (χ0) is 14.2. The van der Waals surface area contributed by atoms with Crippen molar-refractivity contribution in [3.63, 3.8) is 0 Å². The van der Waals surface area contributed by atoms with Gasteiger partial charge in [-0.1, -0.05) is 0 Å². The summed E-state index contributed by atoms with van der Waals surface area (Å²) in [5, 5.41) is 11.8. The number of aliphatic carboxylic acids is 1. The lowest BCUT2D eigenvalue weighted by atomic mass is 9.74. The van der Waals surface area contributed by atoms with Gasteiger partial charge in [0, 0.05) is 18.6 Å². The van der Waals surface area contributed by atoms with Crippen molar-refractivity contribution in [2.24, 2.45) is 0 Å². The summed E-state index contributed by atoms with van der Waals surface area (Å²) < 4.78 is 1.76. The highest BCUT2D eigenvalue weighted by Gasteiger charge is 2.40. The minimum atomic E-state index is -0.880. The number of amides is 1. The van der Waals surface area contributed by atoms with Crippen LogP contribution in [0.3, 0.4) is 0 Å². The van der Waals surface area contributed by atoms with Gasteiger partial charge in [0.05, 0.1) is 17.5 Å². The molecule has 6 heteroatoms. The van der Waals surface area contributed by atoms with Crippen LogP contribution in [0.25, 0.3) is 5.65 Å². The van der Waals surface area contributed by atoms with E-state index in [1.165, 1.54) is 0 Å². The van der Waals surface area contributed by atoms with E-state index in [0.29, 0.717) is 5.56 Å². The Hall–Kier alpha value is -2.37. The number of rotatable bonds is 4. The zero-order valence-electron chi connectivity index (χ0n) is 10.9. The van der Waals surface area contributed by atoms with Gasteiger partial charge in [-0.25, -0.2) is 4.98 Å². The number of carbonyl (C=O) groups excluding carboxylic acids is 1. The fourth-order valence-electron chi connectivity index (χ4n) is 2.61. The molecule has 2 heterocycles. The van der Waals surface area contributed by atoms with Crippen LogP contribution < -0.4 is 5.32 Å². The first-order valence-electron chi connectivity index (χ1n) is 6.55. The van der Waals surface area contributed by atoms with Gasteiger partial charge in [0.15, 0.2) is 0 Å². The molecule has 3 rings (SSSR count). The van der Waals surface area contributed by atoms with Crippen LogP contribution in [0.15, 0.2) is 30.7 Å². The number of aromatic nitrogens is 2.